The highest BCUT2D eigenvalue weighted by atomic mass is 79.9. The largest absolute Gasteiger partial charge is 0.342 e. The van der Waals surface area contributed by atoms with Crippen LogP contribution in [0.5, 0.6) is 0 Å². The summed E-state index contributed by atoms with van der Waals surface area (Å²) in [5.74, 6) is 0.374. The van der Waals surface area contributed by atoms with E-state index in [1.807, 2.05) is 53.8 Å². The second-order valence-corrected chi connectivity index (χ2v) is 10.2. The van der Waals surface area contributed by atoms with Crippen molar-refractivity contribution >= 4 is 73.0 Å². The van der Waals surface area contributed by atoms with E-state index in [2.05, 4.69) is 29.8 Å². The maximum atomic E-state index is 12.9. The fraction of sp³-hybridized carbons (Fsp3) is 0.409. The van der Waals surface area contributed by atoms with Crippen molar-refractivity contribution in [3.63, 3.8) is 0 Å². The lowest BCUT2D eigenvalue weighted by molar-refractivity contribution is -0.131. The molecule has 1 aliphatic heterocycles. The monoisotopic (exact) mass is 507 g/mol. The number of carbonyl (C=O) groups is 2. The third kappa shape index (κ3) is 4.81. The van der Waals surface area contributed by atoms with Crippen LogP contribution < -0.4 is 0 Å². The van der Waals surface area contributed by atoms with Crippen molar-refractivity contribution in [2.24, 2.45) is 5.92 Å². The number of halogens is 1. The molecule has 2 heterocycles. The molecule has 0 saturated carbocycles. The van der Waals surface area contributed by atoms with Gasteiger partial charge in [-0.05, 0) is 44.0 Å². The predicted molar refractivity (Wildman–Crippen MR) is 132 cm³/mol. The zero-order valence-corrected chi connectivity index (χ0v) is 20.9. The molecule has 160 valence electrons. The molecule has 0 aliphatic carbocycles. The van der Waals surface area contributed by atoms with Crippen LogP contribution in [0.25, 0.3) is 17.0 Å². The van der Waals surface area contributed by atoms with Gasteiger partial charge in [0.05, 0.1) is 4.91 Å². The van der Waals surface area contributed by atoms with Gasteiger partial charge in [0.1, 0.15) is 10.9 Å². The molecular formula is C22H26BrN3O2S2. The maximum Gasteiger partial charge on any atom is 0.266 e. The predicted octanol–water partition coefficient (Wildman–Crippen LogP) is 5.13. The van der Waals surface area contributed by atoms with E-state index < -0.39 is 0 Å². The lowest BCUT2D eigenvalue weighted by Gasteiger charge is -2.19. The Bertz CT molecular complexity index is 1020. The molecular weight excluding hydrogens is 482 g/mol. The Kier molecular flexibility index (Phi) is 7.42. The van der Waals surface area contributed by atoms with Crippen molar-refractivity contribution < 1.29 is 9.59 Å². The Hall–Kier alpha value is -1.64. The molecule has 1 aliphatic rings. The van der Waals surface area contributed by atoms with Crippen LogP contribution in [0.4, 0.5) is 0 Å². The van der Waals surface area contributed by atoms with Gasteiger partial charge in [-0.25, -0.2) is 0 Å². The number of benzene rings is 1. The molecule has 2 aromatic rings. The highest BCUT2D eigenvalue weighted by Crippen LogP contribution is 2.35. The average Bonchev–Trinajstić information content (AvgIpc) is 3.14. The Balaban J connectivity index is 1.99. The molecule has 1 aromatic carbocycles. The third-order valence-electron chi connectivity index (χ3n) is 5.00. The SMILES string of the molecule is CCN(CC)C(=O)Cn1cc(/C=C2\SC(=S)N(CC(C)C)C2=O)c2cc(Br)ccc21. The number of thioether (sulfide) groups is 1. The van der Waals surface area contributed by atoms with E-state index in [1.54, 1.807) is 4.90 Å². The van der Waals surface area contributed by atoms with Crippen LogP contribution in [0, 0.1) is 5.92 Å². The van der Waals surface area contributed by atoms with Crippen LogP contribution in [0.15, 0.2) is 33.8 Å². The Morgan fingerprint density at radius 3 is 2.63 bits per heavy atom. The minimum absolute atomic E-state index is 0.0474. The van der Waals surface area contributed by atoms with Crippen molar-refractivity contribution in [1.29, 1.82) is 0 Å². The van der Waals surface area contributed by atoms with Crippen molar-refractivity contribution in [2.45, 2.75) is 34.2 Å². The first kappa shape index (κ1) is 23.0. The first-order valence-corrected chi connectivity index (χ1v) is 12.1. The van der Waals surface area contributed by atoms with E-state index in [4.69, 9.17) is 12.2 Å². The van der Waals surface area contributed by atoms with Gasteiger partial charge < -0.3 is 9.47 Å². The molecule has 8 heteroatoms. The molecule has 3 rings (SSSR count). The standard InChI is InChI=1S/C22H26BrN3O2S2/c1-5-24(6-2)20(27)13-25-12-15(17-10-16(23)7-8-18(17)25)9-19-21(28)26(11-14(3)4)22(29)30-19/h7-10,12,14H,5-6,11,13H2,1-4H3/b19-9-. The zero-order valence-electron chi connectivity index (χ0n) is 17.6. The summed E-state index contributed by atoms with van der Waals surface area (Å²) in [6.07, 6.45) is 3.85. The van der Waals surface area contributed by atoms with E-state index in [-0.39, 0.29) is 18.4 Å². The number of amides is 2. The summed E-state index contributed by atoms with van der Waals surface area (Å²) in [7, 11) is 0. The number of fused-ring (bicyclic) bond motifs is 1. The van der Waals surface area contributed by atoms with Gasteiger partial charge in [0.25, 0.3) is 5.91 Å². The molecule has 0 N–H and O–H groups in total. The first-order chi connectivity index (χ1) is 14.2. The highest BCUT2D eigenvalue weighted by Gasteiger charge is 2.32. The van der Waals surface area contributed by atoms with Crippen molar-refractivity contribution in [1.82, 2.24) is 14.4 Å². The second-order valence-electron chi connectivity index (χ2n) is 7.63. The lowest BCUT2D eigenvalue weighted by atomic mass is 10.1. The van der Waals surface area contributed by atoms with Gasteiger partial charge in [0, 0.05) is 46.8 Å². The highest BCUT2D eigenvalue weighted by molar-refractivity contribution is 9.10. The van der Waals surface area contributed by atoms with Crippen LogP contribution >= 0.6 is 39.9 Å². The van der Waals surface area contributed by atoms with E-state index in [0.717, 1.165) is 20.9 Å². The molecule has 0 atom stereocenters. The van der Waals surface area contributed by atoms with E-state index in [1.165, 1.54) is 11.8 Å². The summed E-state index contributed by atoms with van der Waals surface area (Å²) in [5.41, 5.74) is 1.87. The molecule has 30 heavy (non-hydrogen) atoms. The minimum Gasteiger partial charge on any atom is -0.342 e. The Morgan fingerprint density at radius 1 is 1.30 bits per heavy atom. The van der Waals surface area contributed by atoms with Gasteiger partial charge in [0.2, 0.25) is 5.91 Å². The fourth-order valence-corrected chi connectivity index (χ4v) is 5.16. The number of rotatable bonds is 7. The number of hydrogen-bond acceptors (Lipinski definition) is 4. The summed E-state index contributed by atoms with van der Waals surface area (Å²) in [6, 6.07) is 5.98. The van der Waals surface area contributed by atoms with E-state index in [0.29, 0.717) is 34.8 Å². The van der Waals surface area contributed by atoms with Gasteiger partial charge in [-0.3, -0.25) is 14.5 Å². The summed E-state index contributed by atoms with van der Waals surface area (Å²) in [5, 5.41) is 0.992. The molecule has 0 radical (unpaired) electrons. The van der Waals surface area contributed by atoms with Gasteiger partial charge in [-0.2, -0.15) is 0 Å². The second kappa shape index (κ2) is 9.66. The summed E-state index contributed by atoms with van der Waals surface area (Å²) in [4.78, 5) is 29.7. The molecule has 0 spiro atoms. The molecule has 2 amide bonds. The number of thiocarbonyl (C=S) groups is 1. The first-order valence-electron chi connectivity index (χ1n) is 10.1. The quantitative estimate of drug-likeness (QED) is 0.384. The van der Waals surface area contributed by atoms with Crippen molar-refractivity contribution in [3.8, 4) is 0 Å². The van der Waals surface area contributed by atoms with E-state index >= 15 is 0 Å². The molecule has 0 bridgehead atoms. The number of nitrogens with zero attached hydrogens (tertiary/aromatic N) is 3. The molecule has 1 saturated heterocycles. The minimum atomic E-state index is -0.0474. The van der Waals surface area contributed by atoms with Gasteiger partial charge in [0.15, 0.2) is 0 Å². The van der Waals surface area contributed by atoms with Gasteiger partial charge in [-0.15, -0.1) is 0 Å². The third-order valence-corrected chi connectivity index (χ3v) is 6.87. The Morgan fingerprint density at radius 2 is 2.00 bits per heavy atom. The van der Waals surface area contributed by atoms with Crippen molar-refractivity contribution in [3.05, 3.63) is 39.3 Å². The van der Waals surface area contributed by atoms with Crippen LogP contribution in [0.3, 0.4) is 0 Å². The average molecular weight is 509 g/mol. The van der Waals surface area contributed by atoms with Crippen molar-refractivity contribution in [2.75, 3.05) is 19.6 Å². The maximum absolute atomic E-state index is 12.9. The van der Waals surface area contributed by atoms with Crippen LogP contribution in [0.1, 0.15) is 33.3 Å². The van der Waals surface area contributed by atoms with Crippen LogP contribution in [0.2, 0.25) is 0 Å². The molecule has 5 nitrogen and oxygen atoms in total. The van der Waals surface area contributed by atoms with Crippen LogP contribution in [-0.4, -0.2) is 50.1 Å². The number of carbonyl (C=O) groups excluding carboxylic acids is 2. The number of aromatic nitrogens is 1. The molecule has 0 unspecified atom stereocenters. The lowest BCUT2D eigenvalue weighted by Crippen LogP contribution is -2.33. The molecule has 1 fully saturated rings. The van der Waals surface area contributed by atoms with E-state index in [9.17, 15) is 9.59 Å². The van der Waals surface area contributed by atoms with Gasteiger partial charge in [-0.1, -0.05) is 53.8 Å². The molecule has 1 aromatic heterocycles. The summed E-state index contributed by atoms with van der Waals surface area (Å²) in [6.45, 7) is 10.4. The van der Waals surface area contributed by atoms with Crippen LogP contribution in [-0.2, 0) is 16.1 Å². The topological polar surface area (TPSA) is 45.6 Å². The number of hydrogen-bond donors (Lipinski definition) is 0. The zero-order chi connectivity index (χ0) is 22.0. The summed E-state index contributed by atoms with van der Waals surface area (Å²) >= 11 is 10.3. The smallest absolute Gasteiger partial charge is 0.266 e. The fourth-order valence-electron chi connectivity index (χ4n) is 3.53. The summed E-state index contributed by atoms with van der Waals surface area (Å²) < 4.78 is 3.51. The normalized spacial score (nSPS) is 15.8. The van der Waals surface area contributed by atoms with Gasteiger partial charge >= 0.3 is 0 Å². The number of likely N-dealkylation sites (N-methyl/N-ethyl adjacent to an activating group) is 1. The Labute approximate surface area is 195 Å².